The maximum Gasteiger partial charge on any atom is 0.343 e. The molecule has 0 aromatic heterocycles. The minimum absolute atomic E-state index is 0.398. The second-order valence-electron chi connectivity index (χ2n) is 9.31. The minimum atomic E-state index is -0.398. The van der Waals surface area contributed by atoms with E-state index in [1.165, 1.54) is 11.1 Å². The van der Waals surface area contributed by atoms with E-state index in [0.717, 1.165) is 35.5 Å². The number of hydrogen-bond acceptors (Lipinski definition) is 6. The first kappa shape index (κ1) is 26.4. The van der Waals surface area contributed by atoms with Gasteiger partial charge in [0, 0.05) is 0 Å². The quantitative estimate of drug-likeness (QED) is 0.131. The lowest BCUT2D eigenvalue weighted by Crippen LogP contribution is -2.07. The second kappa shape index (κ2) is 13.0. The highest BCUT2D eigenvalue weighted by molar-refractivity contribution is 5.91. The maximum atomic E-state index is 12.2. The van der Waals surface area contributed by atoms with E-state index < -0.39 is 5.97 Å². The molecule has 1 aliphatic rings. The van der Waals surface area contributed by atoms with Crippen LogP contribution in [0.4, 0.5) is 17.1 Å². The van der Waals surface area contributed by atoms with E-state index in [1.807, 2.05) is 60.7 Å². The van der Waals surface area contributed by atoms with Crippen LogP contribution in [0.2, 0.25) is 0 Å². The van der Waals surface area contributed by atoms with Crippen LogP contribution in [0.3, 0.4) is 0 Å². The summed E-state index contributed by atoms with van der Waals surface area (Å²) in [5, 5.41) is 17.3. The molecule has 0 N–H and O–H groups in total. The molecule has 6 nitrogen and oxygen atoms in total. The number of benzene rings is 4. The molecule has 5 rings (SSSR count). The third-order valence-corrected chi connectivity index (χ3v) is 6.21. The van der Waals surface area contributed by atoms with Crippen LogP contribution in [0, 0.1) is 6.92 Å². The summed E-state index contributed by atoms with van der Waals surface area (Å²) in [5.74, 6) is 0.0563. The van der Waals surface area contributed by atoms with Crippen molar-refractivity contribution >= 4 is 29.1 Å². The van der Waals surface area contributed by atoms with Gasteiger partial charge in [-0.3, -0.25) is 0 Å². The molecule has 40 heavy (non-hydrogen) atoms. The highest BCUT2D eigenvalue weighted by Gasteiger charge is 2.07. The lowest BCUT2D eigenvalue weighted by atomic mass is 10.0. The van der Waals surface area contributed by atoms with Crippen LogP contribution < -0.4 is 4.74 Å². The van der Waals surface area contributed by atoms with E-state index in [-0.39, 0.29) is 0 Å². The fourth-order valence-corrected chi connectivity index (χ4v) is 3.89. The zero-order valence-electron chi connectivity index (χ0n) is 22.1. The predicted molar refractivity (Wildman–Crippen MR) is 159 cm³/mol. The van der Waals surface area contributed by atoms with Crippen LogP contribution in [0.5, 0.6) is 5.75 Å². The SMILES string of the molecule is Cc1ccc(N=NC2=CC=C(/C=C/c3ccc(N=Nc4ccc(OC(=O)c5ccccc5)cc4)cc3)CC2)cc1. The molecule has 0 aliphatic heterocycles. The summed E-state index contributed by atoms with van der Waals surface area (Å²) in [6.45, 7) is 2.06. The van der Waals surface area contributed by atoms with E-state index in [2.05, 4.69) is 45.6 Å². The van der Waals surface area contributed by atoms with Crippen molar-refractivity contribution in [2.45, 2.75) is 19.8 Å². The number of rotatable bonds is 8. The van der Waals surface area contributed by atoms with Gasteiger partial charge in [-0.1, -0.05) is 66.3 Å². The number of ether oxygens (including phenoxy) is 1. The van der Waals surface area contributed by atoms with Gasteiger partial charge in [0.05, 0.1) is 28.3 Å². The summed E-state index contributed by atoms with van der Waals surface area (Å²) in [6, 6.07) is 31.7. The molecule has 0 heterocycles. The summed E-state index contributed by atoms with van der Waals surface area (Å²) in [6.07, 6.45) is 10.1. The van der Waals surface area contributed by atoms with Gasteiger partial charge in [-0.25, -0.2) is 4.79 Å². The Bertz CT molecular complexity index is 1600. The number of hydrogen-bond donors (Lipinski definition) is 0. The molecule has 0 spiro atoms. The fraction of sp³-hybridized carbons (Fsp3) is 0.0882. The van der Waals surface area contributed by atoms with Gasteiger partial charge >= 0.3 is 5.97 Å². The molecule has 0 amide bonds. The van der Waals surface area contributed by atoms with Crippen molar-refractivity contribution in [3.05, 3.63) is 149 Å². The molecule has 0 fully saturated rings. The van der Waals surface area contributed by atoms with Crippen molar-refractivity contribution in [3.63, 3.8) is 0 Å². The van der Waals surface area contributed by atoms with Gasteiger partial charge in [0.25, 0.3) is 0 Å². The van der Waals surface area contributed by atoms with Gasteiger partial charge in [-0.2, -0.15) is 20.5 Å². The molecule has 0 saturated heterocycles. The number of azo groups is 2. The van der Waals surface area contributed by atoms with E-state index in [0.29, 0.717) is 17.0 Å². The number of allylic oxidation sites excluding steroid dienone is 5. The van der Waals surface area contributed by atoms with Gasteiger partial charge < -0.3 is 4.74 Å². The topological polar surface area (TPSA) is 75.7 Å². The lowest BCUT2D eigenvalue weighted by Gasteiger charge is -2.08. The number of esters is 1. The molecule has 0 radical (unpaired) electrons. The minimum Gasteiger partial charge on any atom is -0.423 e. The number of nitrogens with zero attached hydrogens (tertiary/aromatic N) is 4. The Hall–Kier alpha value is -5.23. The smallest absolute Gasteiger partial charge is 0.343 e. The second-order valence-corrected chi connectivity index (χ2v) is 9.31. The number of carbonyl (C=O) groups is 1. The molecule has 0 bridgehead atoms. The summed E-state index contributed by atoms with van der Waals surface area (Å²) in [7, 11) is 0. The molecular weight excluding hydrogens is 496 g/mol. The Kier molecular flexibility index (Phi) is 8.59. The average molecular weight is 525 g/mol. The van der Waals surface area contributed by atoms with Crippen LogP contribution >= 0.6 is 0 Å². The van der Waals surface area contributed by atoms with Crippen molar-refractivity contribution in [1.82, 2.24) is 0 Å². The van der Waals surface area contributed by atoms with Crippen LogP contribution in [-0.2, 0) is 0 Å². The van der Waals surface area contributed by atoms with E-state index >= 15 is 0 Å². The van der Waals surface area contributed by atoms with Gasteiger partial charge in [0.15, 0.2) is 0 Å². The van der Waals surface area contributed by atoms with Crippen molar-refractivity contribution in [2.75, 3.05) is 0 Å². The maximum absolute atomic E-state index is 12.2. The predicted octanol–water partition coefficient (Wildman–Crippen LogP) is 10.0. The summed E-state index contributed by atoms with van der Waals surface area (Å²) in [4.78, 5) is 12.2. The third-order valence-electron chi connectivity index (χ3n) is 6.21. The Labute approximate surface area is 233 Å². The first-order chi connectivity index (χ1) is 19.6. The Morgan fingerprint density at radius 2 is 1.25 bits per heavy atom. The van der Waals surface area contributed by atoms with Crippen LogP contribution in [0.25, 0.3) is 6.08 Å². The highest BCUT2D eigenvalue weighted by Crippen LogP contribution is 2.25. The molecule has 4 aromatic rings. The molecule has 0 atom stereocenters. The summed E-state index contributed by atoms with van der Waals surface area (Å²) >= 11 is 0. The zero-order chi connectivity index (χ0) is 27.6. The molecular formula is C34H28N4O2. The molecule has 0 unspecified atom stereocenters. The lowest BCUT2D eigenvalue weighted by molar-refractivity contribution is 0.0735. The average Bonchev–Trinajstić information content (AvgIpc) is 3.01. The van der Waals surface area contributed by atoms with Crippen molar-refractivity contribution in [1.29, 1.82) is 0 Å². The van der Waals surface area contributed by atoms with Gasteiger partial charge in [-0.15, -0.1) is 0 Å². The highest BCUT2D eigenvalue weighted by atomic mass is 16.5. The van der Waals surface area contributed by atoms with Crippen molar-refractivity contribution in [3.8, 4) is 5.75 Å². The number of carbonyl (C=O) groups excluding carboxylic acids is 1. The third kappa shape index (κ3) is 7.65. The van der Waals surface area contributed by atoms with E-state index in [4.69, 9.17) is 4.74 Å². The normalized spacial score (nSPS) is 13.5. The van der Waals surface area contributed by atoms with Gasteiger partial charge in [0.1, 0.15) is 5.75 Å². The molecule has 196 valence electrons. The molecule has 4 aromatic carbocycles. The van der Waals surface area contributed by atoms with Crippen LogP contribution in [0.15, 0.2) is 153 Å². The Morgan fingerprint density at radius 1 is 0.650 bits per heavy atom. The first-order valence-electron chi connectivity index (χ1n) is 13.1. The monoisotopic (exact) mass is 524 g/mol. The standard InChI is InChI=1S/C34H28N4O2/c1-25-7-15-29(16-8-25)35-36-30-17-11-26(12-18-30)9-10-27-13-19-31(20-14-27)37-38-32-21-23-33(24-22-32)40-34(39)28-5-3-2-4-6-28/h2-11,13-17,19-24H,12,18H2,1H3/b10-9+,36-35?,38-37?. The van der Waals surface area contributed by atoms with E-state index in [9.17, 15) is 4.79 Å². The van der Waals surface area contributed by atoms with Crippen LogP contribution in [-0.4, -0.2) is 5.97 Å². The number of aryl methyl sites for hydroxylation is 1. The summed E-state index contributed by atoms with van der Waals surface area (Å²) < 4.78 is 5.40. The van der Waals surface area contributed by atoms with Gasteiger partial charge in [-0.05, 0) is 97.6 Å². The van der Waals surface area contributed by atoms with E-state index in [1.54, 1.807) is 48.5 Å². The summed E-state index contributed by atoms with van der Waals surface area (Å²) in [5.41, 5.74) is 7.30. The van der Waals surface area contributed by atoms with Crippen molar-refractivity contribution < 1.29 is 9.53 Å². The Balaban J connectivity index is 1.12. The molecule has 0 saturated carbocycles. The molecule has 6 heteroatoms. The van der Waals surface area contributed by atoms with Crippen LogP contribution in [0.1, 0.15) is 34.3 Å². The Morgan fingerprint density at radius 3 is 1.88 bits per heavy atom. The zero-order valence-corrected chi connectivity index (χ0v) is 22.1. The largest absolute Gasteiger partial charge is 0.423 e. The van der Waals surface area contributed by atoms with Crippen molar-refractivity contribution in [2.24, 2.45) is 20.5 Å². The fourth-order valence-electron chi connectivity index (χ4n) is 3.89. The first-order valence-corrected chi connectivity index (χ1v) is 13.1. The molecule has 1 aliphatic carbocycles. The van der Waals surface area contributed by atoms with Gasteiger partial charge in [0.2, 0.25) is 0 Å².